The second-order valence-corrected chi connectivity index (χ2v) is 6.00. The lowest BCUT2D eigenvalue weighted by molar-refractivity contribution is -0.126. The van der Waals surface area contributed by atoms with E-state index in [1.54, 1.807) is 38.1 Å². The molecule has 0 radical (unpaired) electrons. The van der Waals surface area contributed by atoms with E-state index in [-0.39, 0.29) is 24.1 Å². The van der Waals surface area contributed by atoms with Gasteiger partial charge in [0.1, 0.15) is 0 Å². The van der Waals surface area contributed by atoms with Gasteiger partial charge in [0.25, 0.3) is 0 Å². The Bertz CT molecular complexity index is 701. The molecule has 0 saturated heterocycles. The van der Waals surface area contributed by atoms with Crippen molar-refractivity contribution in [3.05, 3.63) is 65.5 Å². The van der Waals surface area contributed by atoms with E-state index in [9.17, 15) is 14.3 Å². The summed E-state index contributed by atoms with van der Waals surface area (Å²) in [5.74, 6) is -0.615. The zero-order valence-corrected chi connectivity index (χ0v) is 14.0. The summed E-state index contributed by atoms with van der Waals surface area (Å²) in [6.07, 6.45) is -0.0698. The summed E-state index contributed by atoms with van der Waals surface area (Å²) in [6, 6.07) is 13.2. The first-order valence-corrected chi connectivity index (χ1v) is 7.74. The Kier molecular flexibility index (Phi) is 5.57. The van der Waals surface area contributed by atoms with Crippen LogP contribution in [0.15, 0.2) is 48.5 Å². The van der Waals surface area contributed by atoms with E-state index in [1.165, 1.54) is 13.2 Å². The second kappa shape index (κ2) is 7.45. The van der Waals surface area contributed by atoms with Crippen molar-refractivity contribution in [2.45, 2.75) is 31.9 Å². The molecule has 0 saturated carbocycles. The van der Waals surface area contributed by atoms with Crippen LogP contribution < -0.4 is 10.1 Å². The van der Waals surface area contributed by atoms with Gasteiger partial charge in [0, 0.05) is 0 Å². The van der Waals surface area contributed by atoms with Gasteiger partial charge in [0.2, 0.25) is 5.91 Å². The lowest BCUT2D eigenvalue weighted by atomic mass is 9.92. The van der Waals surface area contributed by atoms with E-state index in [4.69, 9.17) is 4.74 Å². The number of hydrogen-bond acceptors (Lipinski definition) is 3. The van der Waals surface area contributed by atoms with Crippen LogP contribution in [-0.2, 0) is 10.4 Å². The number of benzene rings is 2. The average Bonchev–Trinajstić information content (AvgIpc) is 2.55. The number of carbonyl (C=O) groups is 1. The zero-order chi connectivity index (χ0) is 17.7. The highest BCUT2D eigenvalue weighted by Crippen LogP contribution is 2.26. The number of aliphatic hydroxyl groups is 1. The maximum absolute atomic E-state index is 13.5. The Labute approximate surface area is 141 Å². The molecule has 0 fully saturated rings. The molecule has 24 heavy (non-hydrogen) atoms. The molecular formula is C19H22FNO3. The Morgan fingerprint density at radius 3 is 2.58 bits per heavy atom. The molecule has 0 heterocycles. The third-order valence-corrected chi connectivity index (χ3v) is 3.95. The predicted molar refractivity (Wildman–Crippen MR) is 90.1 cm³/mol. The van der Waals surface area contributed by atoms with Crippen LogP contribution in [0.5, 0.6) is 5.75 Å². The van der Waals surface area contributed by atoms with Gasteiger partial charge in [-0.25, -0.2) is 4.39 Å². The SMILES string of the molecule is COc1cc([C@H](C)NC(=O)C[C@@](C)(O)c2ccccc2)ccc1F. The molecule has 0 aliphatic carbocycles. The normalized spacial score (nSPS) is 14.5. The standard InChI is InChI=1S/C19H22FNO3/c1-13(14-9-10-16(20)17(11-14)24-3)21-18(22)12-19(2,23)15-7-5-4-6-8-15/h4-11,13,23H,12H2,1-3H3,(H,21,22)/t13-,19+/m0/s1. The van der Waals surface area contributed by atoms with Crippen molar-refractivity contribution in [3.8, 4) is 5.75 Å². The second-order valence-electron chi connectivity index (χ2n) is 6.00. The van der Waals surface area contributed by atoms with Crippen molar-refractivity contribution in [2.75, 3.05) is 7.11 Å². The first-order chi connectivity index (χ1) is 11.3. The van der Waals surface area contributed by atoms with Crippen molar-refractivity contribution < 1.29 is 19.0 Å². The molecule has 2 aromatic rings. The van der Waals surface area contributed by atoms with Crippen LogP contribution in [-0.4, -0.2) is 18.1 Å². The van der Waals surface area contributed by atoms with Gasteiger partial charge in [0.05, 0.1) is 25.2 Å². The highest BCUT2D eigenvalue weighted by atomic mass is 19.1. The minimum Gasteiger partial charge on any atom is -0.494 e. The van der Waals surface area contributed by atoms with E-state index in [2.05, 4.69) is 5.32 Å². The summed E-state index contributed by atoms with van der Waals surface area (Å²) in [4.78, 5) is 12.3. The predicted octanol–water partition coefficient (Wildman–Crippen LogP) is 3.31. The van der Waals surface area contributed by atoms with Crippen molar-refractivity contribution >= 4 is 5.91 Å². The summed E-state index contributed by atoms with van der Waals surface area (Å²) in [7, 11) is 1.39. The van der Waals surface area contributed by atoms with Gasteiger partial charge in [-0.2, -0.15) is 0 Å². The quantitative estimate of drug-likeness (QED) is 0.854. The molecule has 1 amide bonds. The number of amides is 1. The molecule has 0 unspecified atom stereocenters. The van der Waals surface area contributed by atoms with Gasteiger partial charge in [-0.15, -0.1) is 0 Å². The monoisotopic (exact) mass is 331 g/mol. The number of halogens is 1. The first-order valence-electron chi connectivity index (χ1n) is 7.74. The summed E-state index contributed by atoms with van der Waals surface area (Å²) in [6.45, 7) is 3.40. The lowest BCUT2D eigenvalue weighted by Crippen LogP contribution is -2.34. The maximum Gasteiger partial charge on any atom is 0.223 e. The fraction of sp³-hybridized carbons (Fsp3) is 0.316. The fourth-order valence-electron chi connectivity index (χ4n) is 2.53. The van der Waals surface area contributed by atoms with Crippen molar-refractivity contribution in [3.63, 3.8) is 0 Å². The van der Waals surface area contributed by atoms with Crippen molar-refractivity contribution in [1.29, 1.82) is 0 Å². The van der Waals surface area contributed by atoms with Gasteiger partial charge in [-0.1, -0.05) is 36.4 Å². The van der Waals surface area contributed by atoms with Gasteiger partial charge in [-0.05, 0) is 37.1 Å². The molecule has 128 valence electrons. The summed E-state index contributed by atoms with van der Waals surface area (Å²) < 4.78 is 18.4. The molecule has 0 bridgehead atoms. The van der Waals surface area contributed by atoms with Gasteiger partial charge in [-0.3, -0.25) is 4.79 Å². The van der Waals surface area contributed by atoms with Crippen molar-refractivity contribution in [1.82, 2.24) is 5.32 Å². The third-order valence-electron chi connectivity index (χ3n) is 3.95. The molecule has 2 atom stereocenters. The Hall–Kier alpha value is -2.40. The Morgan fingerprint density at radius 1 is 1.29 bits per heavy atom. The molecule has 2 aromatic carbocycles. The minimum absolute atomic E-state index is 0.0698. The van der Waals surface area contributed by atoms with Crippen LogP contribution in [0.2, 0.25) is 0 Å². The van der Waals surface area contributed by atoms with E-state index in [0.29, 0.717) is 5.56 Å². The number of nitrogens with one attached hydrogen (secondary N) is 1. The number of rotatable bonds is 6. The van der Waals surface area contributed by atoms with E-state index in [0.717, 1.165) is 5.56 Å². The fourth-order valence-corrected chi connectivity index (χ4v) is 2.53. The lowest BCUT2D eigenvalue weighted by Gasteiger charge is -2.24. The zero-order valence-electron chi connectivity index (χ0n) is 14.0. The number of carbonyl (C=O) groups excluding carboxylic acids is 1. The highest BCUT2D eigenvalue weighted by Gasteiger charge is 2.27. The van der Waals surface area contributed by atoms with E-state index in [1.807, 2.05) is 18.2 Å². The maximum atomic E-state index is 13.5. The van der Waals surface area contributed by atoms with Gasteiger partial charge >= 0.3 is 0 Å². The summed E-state index contributed by atoms with van der Waals surface area (Å²) >= 11 is 0. The molecule has 4 nitrogen and oxygen atoms in total. The van der Waals surface area contributed by atoms with Crippen LogP contribution in [0, 0.1) is 5.82 Å². The smallest absolute Gasteiger partial charge is 0.223 e. The summed E-state index contributed by atoms with van der Waals surface area (Å²) in [5, 5.41) is 13.3. The van der Waals surface area contributed by atoms with Gasteiger partial charge < -0.3 is 15.2 Å². The molecule has 0 aliphatic heterocycles. The largest absolute Gasteiger partial charge is 0.494 e. The molecule has 2 N–H and O–H groups in total. The highest BCUT2D eigenvalue weighted by molar-refractivity contribution is 5.77. The van der Waals surface area contributed by atoms with Crippen molar-refractivity contribution in [2.24, 2.45) is 0 Å². The van der Waals surface area contributed by atoms with Crippen LogP contribution in [0.25, 0.3) is 0 Å². The first kappa shape index (κ1) is 17.9. The number of hydrogen-bond donors (Lipinski definition) is 2. The van der Waals surface area contributed by atoms with Crippen LogP contribution in [0.1, 0.15) is 37.4 Å². The van der Waals surface area contributed by atoms with Crippen LogP contribution in [0.3, 0.4) is 0 Å². The number of methoxy groups -OCH3 is 1. The number of ether oxygens (including phenoxy) is 1. The van der Waals surface area contributed by atoms with Crippen LogP contribution in [0.4, 0.5) is 4.39 Å². The minimum atomic E-state index is -1.26. The van der Waals surface area contributed by atoms with E-state index < -0.39 is 11.4 Å². The Balaban J connectivity index is 2.04. The molecule has 0 spiro atoms. The topological polar surface area (TPSA) is 58.6 Å². The molecule has 0 aromatic heterocycles. The molecule has 2 rings (SSSR count). The molecule has 5 heteroatoms. The summed E-state index contributed by atoms with van der Waals surface area (Å²) in [5.41, 5.74) is 0.142. The molecular weight excluding hydrogens is 309 g/mol. The third kappa shape index (κ3) is 4.32. The van der Waals surface area contributed by atoms with Gasteiger partial charge in [0.15, 0.2) is 11.6 Å². The van der Waals surface area contributed by atoms with E-state index >= 15 is 0 Å². The average molecular weight is 331 g/mol. The van der Waals surface area contributed by atoms with Crippen LogP contribution >= 0.6 is 0 Å². The molecule has 0 aliphatic rings. The Morgan fingerprint density at radius 2 is 1.96 bits per heavy atom.